The van der Waals surface area contributed by atoms with E-state index >= 15 is 0 Å². The van der Waals surface area contributed by atoms with Gasteiger partial charge < -0.3 is 9.88 Å². The van der Waals surface area contributed by atoms with Gasteiger partial charge in [0, 0.05) is 35.8 Å². The van der Waals surface area contributed by atoms with E-state index in [-0.39, 0.29) is 0 Å². The fourth-order valence-electron chi connectivity index (χ4n) is 2.93. The smallest absolute Gasteiger partial charge is 0.137 e. The van der Waals surface area contributed by atoms with Gasteiger partial charge in [-0.1, -0.05) is 0 Å². The molecule has 1 aliphatic rings. The highest BCUT2D eigenvalue weighted by atomic mass is 15.2. The van der Waals surface area contributed by atoms with Crippen LogP contribution in [0.25, 0.3) is 11.0 Å². The van der Waals surface area contributed by atoms with Crippen molar-refractivity contribution in [1.29, 1.82) is 0 Å². The molecule has 2 aromatic heterocycles. The van der Waals surface area contributed by atoms with Crippen molar-refractivity contribution in [3.8, 4) is 0 Å². The van der Waals surface area contributed by atoms with E-state index < -0.39 is 0 Å². The lowest BCUT2D eigenvalue weighted by Crippen LogP contribution is -2.39. The molecular weight excluding hydrogens is 222 g/mol. The van der Waals surface area contributed by atoms with Crippen molar-refractivity contribution in [2.24, 2.45) is 0 Å². The molecule has 0 aliphatic carbocycles. The Hall–Kier alpha value is -1.35. The van der Waals surface area contributed by atoms with Crippen molar-refractivity contribution in [3.05, 3.63) is 30.1 Å². The van der Waals surface area contributed by atoms with Gasteiger partial charge in [-0.25, -0.2) is 4.98 Å². The van der Waals surface area contributed by atoms with Crippen LogP contribution in [0.15, 0.2) is 24.4 Å². The molecule has 2 aromatic rings. The molecule has 1 aliphatic heterocycles. The third kappa shape index (κ3) is 2.15. The molecule has 1 saturated heterocycles. The second-order valence-corrected chi connectivity index (χ2v) is 5.59. The maximum atomic E-state index is 4.38. The molecule has 1 fully saturated rings. The molecule has 0 bridgehead atoms. The van der Waals surface area contributed by atoms with Gasteiger partial charge in [0.15, 0.2) is 0 Å². The van der Waals surface area contributed by atoms with Crippen LogP contribution >= 0.6 is 0 Å². The SMILES string of the molecule is CC(C)N1CCC[C@@H](c2cc3cccnc3[nH]2)C1. The van der Waals surface area contributed by atoms with Crippen LogP contribution in [0.3, 0.4) is 0 Å². The van der Waals surface area contributed by atoms with Crippen molar-refractivity contribution < 1.29 is 0 Å². The normalized spacial score (nSPS) is 21.8. The highest BCUT2D eigenvalue weighted by molar-refractivity contribution is 5.76. The minimum atomic E-state index is 0.635. The van der Waals surface area contributed by atoms with E-state index in [2.05, 4.69) is 40.8 Å². The van der Waals surface area contributed by atoms with E-state index in [4.69, 9.17) is 0 Å². The van der Waals surface area contributed by atoms with E-state index in [0.29, 0.717) is 12.0 Å². The Labute approximate surface area is 108 Å². The van der Waals surface area contributed by atoms with Crippen LogP contribution in [0.1, 0.15) is 38.3 Å². The number of piperidine rings is 1. The minimum Gasteiger partial charge on any atom is -0.343 e. The Morgan fingerprint density at radius 3 is 3.11 bits per heavy atom. The second kappa shape index (κ2) is 4.73. The number of rotatable bonds is 2. The summed E-state index contributed by atoms with van der Waals surface area (Å²) in [6.45, 7) is 6.99. The largest absolute Gasteiger partial charge is 0.343 e. The number of nitrogens with zero attached hydrogens (tertiary/aromatic N) is 2. The topological polar surface area (TPSA) is 31.9 Å². The third-order valence-electron chi connectivity index (χ3n) is 4.04. The van der Waals surface area contributed by atoms with Gasteiger partial charge in [0.25, 0.3) is 0 Å². The zero-order valence-electron chi connectivity index (χ0n) is 11.2. The van der Waals surface area contributed by atoms with Crippen LogP contribution in [0.4, 0.5) is 0 Å². The van der Waals surface area contributed by atoms with Gasteiger partial charge >= 0.3 is 0 Å². The first-order valence-corrected chi connectivity index (χ1v) is 6.92. The zero-order chi connectivity index (χ0) is 12.5. The number of fused-ring (bicyclic) bond motifs is 1. The van der Waals surface area contributed by atoms with Gasteiger partial charge in [-0.05, 0) is 51.4 Å². The molecule has 1 atom stereocenters. The molecule has 3 heterocycles. The first-order chi connectivity index (χ1) is 8.74. The first kappa shape index (κ1) is 11.7. The molecule has 3 nitrogen and oxygen atoms in total. The molecule has 3 rings (SSSR count). The maximum Gasteiger partial charge on any atom is 0.137 e. The van der Waals surface area contributed by atoms with Gasteiger partial charge in [0.05, 0.1) is 0 Å². The van der Waals surface area contributed by atoms with Gasteiger partial charge in [-0.15, -0.1) is 0 Å². The summed E-state index contributed by atoms with van der Waals surface area (Å²) in [5.41, 5.74) is 2.38. The number of aromatic nitrogens is 2. The molecule has 0 spiro atoms. The fraction of sp³-hybridized carbons (Fsp3) is 0.533. The summed E-state index contributed by atoms with van der Waals surface area (Å²) in [5, 5.41) is 1.23. The summed E-state index contributed by atoms with van der Waals surface area (Å²) < 4.78 is 0. The number of aromatic amines is 1. The molecule has 96 valence electrons. The highest BCUT2D eigenvalue weighted by Gasteiger charge is 2.24. The molecule has 0 aromatic carbocycles. The van der Waals surface area contributed by atoms with Crippen molar-refractivity contribution >= 4 is 11.0 Å². The van der Waals surface area contributed by atoms with E-state index in [0.717, 1.165) is 5.65 Å². The molecule has 0 unspecified atom stereocenters. The first-order valence-electron chi connectivity index (χ1n) is 6.92. The standard InChI is InChI=1S/C15H21N3/c1-11(2)18-8-4-6-13(10-18)14-9-12-5-3-7-16-15(12)17-14/h3,5,7,9,11,13H,4,6,8,10H2,1-2H3,(H,16,17)/t13-/m1/s1. The van der Waals surface area contributed by atoms with Gasteiger partial charge in [-0.2, -0.15) is 0 Å². The lowest BCUT2D eigenvalue weighted by atomic mass is 9.94. The van der Waals surface area contributed by atoms with Crippen LogP contribution in [0, 0.1) is 0 Å². The lowest BCUT2D eigenvalue weighted by molar-refractivity contribution is 0.166. The third-order valence-corrected chi connectivity index (χ3v) is 4.04. The molecular formula is C15H21N3. The molecule has 3 heteroatoms. The highest BCUT2D eigenvalue weighted by Crippen LogP contribution is 2.29. The van der Waals surface area contributed by atoms with E-state index in [1.807, 2.05) is 12.3 Å². The lowest BCUT2D eigenvalue weighted by Gasteiger charge is -2.35. The van der Waals surface area contributed by atoms with E-state index in [9.17, 15) is 0 Å². The fourth-order valence-corrected chi connectivity index (χ4v) is 2.93. The summed E-state index contributed by atoms with van der Waals surface area (Å²) in [6, 6.07) is 7.05. The van der Waals surface area contributed by atoms with Crippen LogP contribution in [-0.4, -0.2) is 34.0 Å². The average Bonchev–Trinajstić information content (AvgIpc) is 2.82. The van der Waals surface area contributed by atoms with Crippen LogP contribution in [0.2, 0.25) is 0 Å². The number of likely N-dealkylation sites (tertiary alicyclic amines) is 1. The van der Waals surface area contributed by atoms with Crippen LogP contribution in [0.5, 0.6) is 0 Å². The van der Waals surface area contributed by atoms with Crippen molar-refractivity contribution in [1.82, 2.24) is 14.9 Å². The van der Waals surface area contributed by atoms with Crippen molar-refractivity contribution in [2.75, 3.05) is 13.1 Å². The van der Waals surface area contributed by atoms with Gasteiger partial charge in [0.2, 0.25) is 0 Å². The predicted octanol–water partition coefficient (Wildman–Crippen LogP) is 3.15. The summed E-state index contributed by atoms with van der Waals surface area (Å²) >= 11 is 0. The van der Waals surface area contributed by atoms with E-state index in [1.54, 1.807) is 0 Å². The molecule has 1 N–H and O–H groups in total. The summed E-state index contributed by atoms with van der Waals surface area (Å²) in [4.78, 5) is 10.4. The number of nitrogens with one attached hydrogen (secondary N) is 1. The number of pyridine rings is 1. The van der Waals surface area contributed by atoms with E-state index in [1.165, 1.54) is 37.0 Å². The van der Waals surface area contributed by atoms with Crippen LogP contribution < -0.4 is 0 Å². The molecule has 0 radical (unpaired) electrons. The van der Waals surface area contributed by atoms with Crippen molar-refractivity contribution in [2.45, 2.75) is 38.6 Å². The molecule has 18 heavy (non-hydrogen) atoms. The number of hydrogen-bond donors (Lipinski definition) is 1. The Morgan fingerprint density at radius 2 is 2.33 bits per heavy atom. The van der Waals surface area contributed by atoms with Gasteiger partial charge in [-0.3, -0.25) is 0 Å². The monoisotopic (exact) mass is 243 g/mol. The Kier molecular flexibility index (Phi) is 3.08. The summed E-state index contributed by atoms with van der Waals surface area (Å²) in [7, 11) is 0. The van der Waals surface area contributed by atoms with Crippen molar-refractivity contribution in [3.63, 3.8) is 0 Å². The average molecular weight is 243 g/mol. The van der Waals surface area contributed by atoms with Crippen LogP contribution in [-0.2, 0) is 0 Å². The summed E-state index contributed by atoms with van der Waals surface area (Å²) in [6.07, 6.45) is 4.44. The quantitative estimate of drug-likeness (QED) is 0.878. The maximum absolute atomic E-state index is 4.38. The molecule has 0 amide bonds. The number of hydrogen-bond acceptors (Lipinski definition) is 2. The second-order valence-electron chi connectivity index (χ2n) is 5.59. The minimum absolute atomic E-state index is 0.635. The Morgan fingerprint density at radius 1 is 1.44 bits per heavy atom. The predicted molar refractivity (Wildman–Crippen MR) is 74.8 cm³/mol. The number of H-pyrrole nitrogens is 1. The zero-order valence-corrected chi connectivity index (χ0v) is 11.2. The Balaban J connectivity index is 1.85. The van der Waals surface area contributed by atoms with Gasteiger partial charge in [0.1, 0.15) is 5.65 Å². The summed E-state index contributed by atoms with van der Waals surface area (Å²) in [5.74, 6) is 0.635. The Bertz CT molecular complexity index is 496. The molecule has 0 saturated carbocycles.